The Kier molecular flexibility index (Phi) is 5.42. The number of aliphatic carboxylic acids is 1. The summed E-state index contributed by atoms with van der Waals surface area (Å²) in [5.41, 5.74) is -2.59. The highest BCUT2D eigenvalue weighted by Gasteiger charge is 2.58. The van der Waals surface area contributed by atoms with Crippen molar-refractivity contribution in [3.63, 3.8) is 0 Å². The molecule has 1 aliphatic carbocycles. The van der Waals surface area contributed by atoms with Gasteiger partial charge in [-0.2, -0.15) is 0 Å². The minimum atomic E-state index is -2.74. The number of hydrogen-bond acceptors (Lipinski definition) is 9. The van der Waals surface area contributed by atoms with E-state index in [-0.39, 0.29) is 33.9 Å². The molecule has 4 atom stereocenters. The largest absolute Gasteiger partial charge is 0.504 e. The lowest BCUT2D eigenvalue weighted by molar-refractivity contribution is -0.180. The minimum absolute atomic E-state index is 0.00298. The Labute approximate surface area is 170 Å². The van der Waals surface area contributed by atoms with Gasteiger partial charge in [0.25, 0.3) is 0 Å². The zero-order valence-corrected chi connectivity index (χ0v) is 16.1. The summed E-state index contributed by atoms with van der Waals surface area (Å²) in [5.74, 6) is -6.57. The van der Waals surface area contributed by atoms with Gasteiger partial charge in [0.1, 0.15) is 0 Å². The molecular formula is C20H22O10. The number of aliphatic hydroxyl groups excluding tert-OH is 2. The number of fused-ring (bicyclic) bond motifs is 1. The first-order valence-corrected chi connectivity index (χ1v) is 8.87. The fraction of sp³-hybridized carbons (Fsp3) is 0.350. The van der Waals surface area contributed by atoms with Crippen LogP contribution in [-0.4, -0.2) is 68.1 Å². The van der Waals surface area contributed by atoms with Crippen molar-refractivity contribution in [1.82, 2.24) is 0 Å². The van der Waals surface area contributed by atoms with Gasteiger partial charge in [0.15, 0.2) is 28.6 Å². The van der Waals surface area contributed by atoms with Crippen LogP contribution in [0.5, 0.6) is 28.7 Å². The molecule has 1 aliphatic rings. The molecule has 7 N–H and O–H groups in total. The highest BCUT2D eigenvalue weighted by Crippen LogP contribution is 2.54. The van der Waals surface area contributed by atoms with Crippen LogP contribution in [0.3, 0.4) is 0 Å². The minimum Gasteiger partial charge on any atom is -0.504 e. The number of rotatable bonds is 5. The van der Waals surface area contributed by atoms with Gasteiger partial charge in [0.05, 0.1) is 32.8 Å². The first-order valence-electron chi connectivity index (χ1n) is 8.87. The Hall–Kier alpha value is -3.21. The predicted octanol–water partition coefficient (Wildman–Crippen LogP) is 0.424. The normalized spacial score (nSPS) is 25.4. The summed E-state index contributed by atoms with van der Waals surface area (Å²) in [6.45, 7) is -0.885. The van der Waals surface area contributed by atoms with E-state index in [9.17, 15) is 40.5 Å². The summed E-state index contributed by atoms with van der Waals surface area (Å²) in [5, 5.41) is 72.0. The van der Waals surface area contributed by atoms with Gasteiger partial charge in [0.2, 0.25) is 5.75 Å². The average Bonchev–Trinajstić information content (AvgIpc) is 2.70. The first kappa shape index (κ1) is 21.5. The van der Waals surface area contributed by atoms with Gasteiger partial charge in [-0.05, 0) is 41.0 Å². The van der Waals surface area contributed by atoms with Crippen LogP contribution in [0.1, 0.15) is 28.7 Å². The molecule has 162 valence electrons. The maximum atomic E-state index is 12.2. The molecule has 0 fully saturated rings. The van der Waals surface area contributed by atoms with Crippen molar-refractivity contribution in [3.8, 4) is 28.7 Å². The van der Waals surface area contributed by atoms with Crippen molar-refractivity contribution in [2.24, 2.45) is 5.92 Å². The number of carbonyl (C=O) groups is 1. The van der Waals surface area contributed by atoms with Gasteiger partial charge in [-0.1, -0.05) is 0 Å². The van der Waals surface area contributed by atoms with Gasteiger partial charge in [-0.3, -0.25) is 0 Å². The summed E-state index contributed by atoms with van der Waals surface area (Å²) in [4.78, 5) is 12.2. The lowest BCUT2D eigenvalue weighted by Gasteiger charge is -2.46. The second-order valence-corrected chi connectivity index (χ2v) is 7.04. The molecule has 2 aromatic carbocycles. The number of phenols is 3. The number of aromatic hydroxyl groups is 3. The van der Waals surface area contributed by atoms with E-state index in [1.807, 2.05) is 0 Å². The molecule has 0 radical (unpaired) electrons. The van der Waals surface area contributed by atoms with E-state index in [1.54, 1.807) is 0 Å². The second kappa shape index (κ2) is 7.56. The number of hydrogen-bond donors (Lipinski definition) is 7. The molecule has 10 heteroatoms. The third kappa shape index (κ3) is 2.96. The molecule has 0 aromatic heterocycles. The average molecular weight is 422 g/mol. The lowest BCUT2D eigenvalue weighted by Crippen LogP contribution is -2.57. The molecular weight excluding hydrogens is 400 g/mol. The van der Waals surface area contributed by atoms with Gasteiger partial charge < -0.3 is 45.2 Å². The van der Waals surface area contributed by atoms with Gasteiger partial charge in [-0.25, -0.2) is 4.79 Å². The highest BCUT2D eigenvalue weighted by atomic mass is 16.5. The van der Waals surface area contributed by atoms with Crippen LogP contribution in [0.4, 0.5) is 0 Å². The topological polar surface area (TPSA) is 177 Å². The summed E-state index contributed by atoms with van der Waals surface area (Å²) in [6, 6.07) is 4.67. The van der Waals surface area contributed by atoms with Crippen molar-refractivity contribution >= 4 is 5.97 Å². The Bertz CT molecular complexity index is 988. The molecule has 0 saturated heterocycles. The number of ether oxygens (including phenoxy) is 2. The molecule has 30 heavy (non-hydrogen) atoms. The number of aliphatic hydroxyl groups is 3. The van der Waals surface area contributed by atoms with Crippen LogP contribution in [0, 0.1) is 5.92 Å². The maximum Gasteiger partial charge on any atom is 0.337 e. The van der Waals surface area contributed by atoms with E-state index in [2.05, 4.69) is 0 Å². The van der Waals surface area contributed by atoms with Crippen molar-refractivity contribution < 1.29 is 50.0 Å². The SMILES string of the molecule is COc1cc2c(cc1O)[C@H](c1cc(O)c(O)c(OC)c1)[C@@](O)(C(=O)O)[C@@H](CO)[C@H]2O. The zero-order valence-electron chi connectivity index (χ0n) is 16.1. The monoisotopic (exact) mass is 422 g/mol. The van der Waals surface area contributed by atoms with E-state index >= 15 is 0 Å². The number of benzene rings is 2. The second-order valence-electron chi connectivity index (χ2n) is 7.04. The van der Waals surface area contributed by atoms with E-state index in [1.165, 1.54) is 26.4 Å². The first-order chi connectivity index (χ1) is 14.1. The van der Waals surface area contributed by atoms with Gasteiger partial charge in [0, 0.05) is 5.92 Å². The van der Waals surface area contributed by atoms with Crippen LogP contribution < -0.4 is 9.47 Å². The molecule has 10 nitrogen and oxygen atoms in total. The van der Waals surface area contributed by atoms with Crippen LogP contribution >= 0.6 is 0 Å². The van der Waals surface area contributed by atoms with E-state index in [0.717, 1.165) is 12.1 Å². The van der Waals surface area contributed by atoms with E-state index in [4.69, 9.17) is 9.47 Å². The van der Waals surface area contributed by atoms with Crippen LogP contribution in [0.2, 0.25) is 0 Å². The number of phenolic OH excluding ortho intramolecular Hbond substituents is 3. The van der Waals surface area contributed by atoms with Crippen LogP contribution in [-0.2, 0) is 4.79 Å². The lowest BCUT2D eigenvalue weighted by atomic mass is 9.62. The predicted molar refractivity (Wildman–Crippen MR) is 101 cm³/mol. The standard InChI is InChI=1S/C20H22O10/c1-29-14-6-10-9(5-12(14)22)16(8-3-13(23)18(25)15(4-8)30-2)20(28,19(26)27)11(7-21)17(10)24/h3-6,11,16-17,21-25,28H,7H2,1-2H3,(H,26,27)/t11-,16-,17-,20+/m0/s1. The summed E-state index contributed by atoms with van der Waals surface area (Å²) in [7, 11) is 2.50. The maximum absolute atomic E-state index is 12.2. The fourth-order valence-corrected chi connectivity index (χ4v) is 4.07. The van der Waals surface area contributed by atoms with Crippen molar-refractivity contribution in [2.75, 3.05) is 20.8 Å². The molecule has 0 aliphatic heterocycles. The summed E-state index contributed by atoms with van der Waals surface area (Å²) < 4.78 is 10.0. The number of carboxylic acids is 1. The van der Waals surface area contributed by atoms with Gasteiger partial charge in [-0.15, -0.1) is 0 Å². The third-order valence-electron chi connectivity index (χ3n) is 5.57. The number of carboxylic acid groups (broad SMARTS) is 1. The van der Waals surface area contributed by atoms with Crippen molar-refractivity contribution in [3.05, 3.63) is 41.0 Å². The van der Waals surface area contributed by atoms with Crippen molar-refractivity contribution in [1.29, 1.82) is 0 Å². The fourth-order valence-electron chi connectivity index (χ4n) is 4.07. The molecule has 0 spiro atoms. The molecule has 0 unspecified atom stereocenters. The Morgan fingerprint density at radius 2 is 1.63 bits per heavy atom. The zero-order chi connectivity index (χ0) is 22.4. The van der Waals surface area contributed by atoms with Crippen LogP contribution in [0.25, 0.3) is 0 Å². The van der Waals surface area contributed by atoms with E-state index < -0.39 is 47.6 Å². The molecule has 0 heterocycles. The Balaban J connectivity index is 2.40. The summed E-state index contributed by atoms with van der Waals surface area (Å²) >= 11 is 0. The smallest absolute Gasteiger partial charge is 0.337 e. The molecule has 0 saturated carbocycles. The number of methoxy groups -OCH3 is 2. The molecule has 2 aromatic rings. The third-order valence-corrected chi connectivity index (χ3v) is 5.57. The van der Waals surface area contributed by atoms with E-state index in [0.29, 0.717) is 0 Å². The molecule has 0 bridgehead atoms. The summed E-state index contributed by atoms with van der Waals surface area (Å²) in [6.07, 6.45) is -1.61. The highest BCUT2D eigenvalue weighted by molar-refractivity contribution is 5.82. The van der Waals surface area contributed by atoms with Crippen LogP contribution in [0.15, 0.2) is 24.3 Å². The van der Waals surface area contributed by atoms with Gasteiger partial charge >= 0.3 is 5.97 Å². The quantitative estimate of drug-likeness (QED) is 0.334. The Morgan fingerprint density at radius 3 is 2.17 bits per heavy atom. The van der Waals surface area contributed by atoms with Crippen molar-refractivity contribution in [2.45, 2.75) is 17.6 Å². The Morgan fingerprint density at radius 1 is 1.00 bits per heavy atom. The molecule has 3 rings (SSSR count). The molecule has 0 amide bonds.